The van der Waals surface area contributed by atoms with E-state index in [0.29, 0.717) is 12.8 Å². The Kier molecular flexibility index (Phi) is 7.03. The van der Waals surface area contributed by atoms with Gasteiger partial charge in [0.1, 0.15) is 0 Å². The van der Waals surface area contributed by atoms with Crippen LogP contribution in [0.5, 0.6) is 0 Å². The predicted molar refractivity (Wildman–Crippen MR) is 96.4 cm³/mol. The third kappa shape index (κ3) is 5.83. The van der Waals surface area contributed by atoms with Crippen molar-refractivity contribution in [3.05, 3.63) is 30.8 Å². The molecule has 2 amide bonds. The molecule has 0 bridgehead atoms. The summed E-state index contributed by atoms with van der Waals surface area (Å²) in [7, 11) is -3.87. The number of nitrogens with zero attached hydrogens (tertiary/aromatic N) is 2. The fraction of sp³-hybridized carbons (Fsp3) is 0.471. The summed E-state index contributed by atoms with van der Waals surface area (Å²) in [6.45, 7) is 1.50. The monoisotopic (exact) mass is 395 g/mol. The Labute approximate surface area is 158 Å². The van der Waals surface area contributed by atoms with Crippen molar-refractivity contribution in [1.82, 2.24) is 14.6 Å². The van der Waals surface area contributed by atoms with Crippen LogP contribution >= 0.6 is 0 Å². The topological polar surface area (TPSA) is 140 Å². The minimum absolute atomic E-state index is 0.0299. The van der Waals surface area contributed by atoms with Gasteiger partial charge in [0.15, 0.2) is 10.8 Å². The Morgan fingerprint density at radius 1 is 1.44 bits per heavy atom. The first-order valence-corrected chi connectivity index (χ1v) is 10.0. The fourth-order valence-corrected chi connectivity index (χ4v) is 4.22. The van der Waals surface area contributed by atoms with E-state index in [0.717, 1.165) is 4.31 Å². The number of primary amides is 1. The summed E-state index contributed by atoms with van der Waals surface area (Å²) in [6.07, 6.45) is 3.45. The van der Waals surface area contributed by atoms with Gasteiger partial charge in [-0.25, -0.2) is 13.4 Å². The van der Waals surface area contributed by atoms with E-state index in [1.807, 2.05) is 0 Å². The van der Waals surface area contributed by atoms with Crippen LogP contribution in [0.1, 0.15) is 26.2 Å². The summed E-state index contributed by atoms with van der Waals surface area (Å²) in [5.74, 6) is -1.75. The molecule has 9 nitrogen and oxygen atoms in total. The van der Waals surface area contributed by atoms with Crippen LogP contribution in [0.25, 0.3) is 0 Å². The van der Waals surface area contributed by atoms with E-state index in [-0.39, 0.29) is 30.5 Å². The first-order chi connectivity index (χ1) is 12.7. The molecule has 0 saturated carbocycles. The molecule has 1 aromatic heterocycles. The smallest absolute Gasteiger partial charge is 0.260 e. The highest BCUT2D eigenvalue weighted by Crippen LogP contribution is 2.18. The van der Waals surface area contributed by atoms with E-state index >= 15 is 0 Å². The van der Waals surface area contributed by atoms with Gasteiger partial charge in [-0.3, -0.25) is 14.4 Å². The number of rotatable bonds is 7. The van der Waals surface area contributed by atoms with Crippen LogP contribution < -0.4 is 11.1 Å². The molecule has 1 fully saturated rings. The van der Waals surface area contributed by atoms with Crippen molar-refractivity contribution in [2.75, 3.05) is 13.1 Å². The minimum Gasteiger partial charge on any atom is -0.370 e. The van der Waals surface area contributed by atoms with Crippen LogP contribution in [0.15, 0.2) is 29.4 Å². The van der Waals surface area contributed by atoms with Crippen molar-refractivity contribution in [2.45, 2.75) is 37.3 Å². The lowest BCUT2D eigenvalue weighted by atomic mass is 10.0. The average molecular weight is 395 g/mol. The van der Waals surface area contributed by atoms with E-state index < -0.39 is 33.7 Å². The summed E-state index contributed by atoms with van der Waals surface area (Å²) >= 11 is 0. The summed E-state index contributed by atoms with van der Waals surface area (Å²) in [6, 6.07) is 3.76. The number of pyridine rings is 1. The third-order valence-corrected chi connectivity index (χ3v) is 5.90. The Morgan fingerprint density at radius 2 is 2.19 bits per heavy atom. The molecule has 147 valence electrons. The average Bonchev–Trinajstić information content (AvgIpc) is 2.77. The molecule has 2 rings (SSSR count). The quantitative estimate of drug-likeness (QED) is 0.646. The van der Waals surface area contributed by atoms with Crippen molar-refractivity contribution < 1.29 is 22.8 Å². The summed E-state index contributed by atoms with van der Waals surface area (Å²) in [5.41, 5.74) is 5.09. The lowest BCUT2D eigenvalue weighted by Crippen LogP contribution is -2.44. The van der Waals surface area contributed by atoms with Gasteiger partial charge in [-0.1, -0.05) is 13.0 Å². The lowest BCUT2D eigenvalue weighted by Gasteiger charge is -2.19. The number of nitrogens with one attached hydrogen (secondary N) is 1. The number of Topliss-reactive ketones (excluding diaryl/α,β-unsaturated/α-hetero) is 1. The number of carbonyl (C=O) groups is 3. The van der Waals surface area contributed by atoms with Crippen LogP contribution in [0.2, 0.25) is 0 Å². The highest BCUT2D eigenvalue weighted by molar-refractivity contribution is 7.89. The summed E-state index contributed by atoms with van der Waals surface area (Å²) in [4.78, 5) is 39.2. The van der Waals surface area contributed by atoms with Crippen molar-refractivity contribution in [3.8, 4) is 0 Å². The Bertz CT molecular complexity index is 797. The maximum Gasteiger partial charge on any atom is 0.260 e. The number of aromatic nitrogens is 1. The van der Waals surface area contributed by atoms with Gasteiger partial charge in [-0.15, -0.1) is 0 Å². The van der Waals surface area contributed by atoms with Gasteiger partial charge < -0.3 is 11.1 Å². The predicted octanol–water partition coefficient (Wildman–Crippen LogP) is -0.364. The van der Waals surface area contributed by atoms with Gasteiger partial charge in [-0.05, 0) is 30.9 Å². The van der Waals surface area contributed by atoms with Crippen LogP contribution in [-0.4, -0.2) is 54.4 Å². The van der Waals surface area contributed by atoms with E-state index in [1.165, 1.54) is 18.7 Å². The summed E-state index contributed by atoms with van der Waals surface area (Å²) < 4.78 is 26.4. The largest absolute Gasteiger partial charge is 0.370 e. The van der Waals surface area contributed by atoms with E-state index in [9.17, 15) is 22.8 Å². The van der Waals surface area contributed by atoms with Gasteiger partial charge in [0.05, 0.1) is 19.0 Å². The van der Waals surface area contributed by atoms with Gasteiger partial charge in [0.25, 0.3) is 10.0 Å². The van der Waals surface area contributed by atoms with E-state index in [2.05, 4.69) is 10.3 Å². The molecule has 0 unspecified atom stereocenters. The van der Waals surface area contributed by atoms with Gasteiger partial charge in [-0.2, -0.15) is 4.31 Å². The maximum atomic E-state index is 12.6. The number of carbonyl (C=O) groups excluding carboxylic acids is 3. The molecular weight excluding hydrogens is 372 g/mol. The number of hydrogen-bond donors (Lipinski definition) is 2. The zero-order chi connectivity index (χ0) is 20.0. The van der Waals surface area contributed by atoms with E-state index in [4.69, 9.17) is 5.73 Å². The molecule has 10 heteroatoms. The summed E-state index contributed by atoms with van der Waals surface area (Å²) in [5, 5.41) is 2.47. The fourth-order valence-electron chi connectivity index (χ4n) is 2.84. The molecule has 0 aromatic carbocycles. The van der Waals surface area contributed by atoms with Gasteiger partial charge >= 0.3 is 0 Å². The Balaban J connectivity index is 2.00. The second-order valence-electron chi connectivity index (χ2n) is 6.49. The van der Waals surface area contributed by atoms with Crippen LogP contribution in [0.4, 0.5) is 0 Å². The van der Waals surface area contributed by atoms with Crippen LogP contribution in [0, 0.1) is 12.3 Å². The molecule has 1 aliphatic heterocycles. The number of sulfonamides is 1. The van der Waals surface area contributed by atoms with Crippen molar-refractivity contribution in [2.24, 2.45) is 11.7 Å². The minimum atomic E-state index is -3.87. The highest BCUT2D eigenvalue weighted by atomic mass is 32.2. The molecule has 1 saturated heterocycles. The van der Waals surface area contributed by atoms with Crippen molar-refractivity contribution in [3.63, 3.8) is 0 Å². The maximum absolute atomic E-state index is 12.6. The van der Waals surface area contributed by atoms with Crippen LogP contribution in [-0.2, 0) is 24.4 Å². The lowest BCUT2D eigenvalue weighted by molar-refractivity contribution is -0.126. The Hall–Kier alpha value is -2.33. The Morgan fingerprint density at radius 3 is 2.81 bits per heavy atom. The van der Waals surface area contributed by atoms with Gasteiger partial charge in [0.2, 0.25) is 11.8 Å². The van der Waals surface area contributed by atoms with E-state index in [1.54, 1.807) is 19.1 Å². The third-order valence-electron chi connectivity index (χ3n) is 4.14. The molecule has 1 aliphatic rings. The second-order valence-corrected chi connectivity index (χ2v) is 8.38. The van der Waals surface area contributed by atoms with Gasteiger partial charge in [0, 0.05) is 19.2 Å². The van der Waals surface area contributed by atoms with Crippen LogP contribution in [0.3, 0.4) is 0 Å². The molecule has 2 heterocycles. The SMILES string of the molecule is C[C@H]([CH]C(=O)N[C@H]1CCCN(S(=O)(=O)c2ccccn2)CC1=O)CC(N)=O. The van der Waals surface area contributed by atoms with Crippen molar-refractivity contribution in [1.29, 1.82) is 0 Å². The molecule has 27 heavy (non-hydrogen) atoms. The first-order valence-electron chi connectivity index (χ1n) is 8.57. The zero-order valence-electron chi connectivity index (χ0n) is 15.0. The number of amides is 2. The number of hydrogen-bond acceptors (Lipinski definition) is 6. The molecule has 0 spiro atoms. The normalized spacial score (nSPS) is 19.9. The standard InChI is InChI=1S/C17H23N4O5S/c1-12(9-15(18)23)10-16(24)20-13-5-4-8-21(11-14(13)22)27(25,26)17-6-2-3-7-19-17/h2-3,6-7,10,12-13H,4-5,8-9,11H2,1H3,(H2,18,23)(H,20,24)/t12-,13-/m0/s1. The molecule has 1 aromatic rings. The first kappa shape index (κ1) is 21.0. The molecule has 0 aliphatic carbocycles. The molecular formula is C17H23N4O5S. The number of ketones is 1. The molecule has 3 N–H and O–H groups in total. The number of nitrogens with two attached hydrogens (primary N) is 1. The zero-order valence-corrected chi connectivity index (χ0v) is 15.8. The molecule has 2 atom stereocenters. The molecule has 1 radical (unpaired) electrons. The van der Waals surface area contributed by atoms with Crippen molar-refractivity contribution >= 4 is 27.6 Å². The second kappa shape index (κ2) is 9.05. The highest BCUT2D eigenvalue weighted by Gasteiger charge is 2.33.